The van der Waals surface area contributed by atoms with E-state index in [1.165, 1.54) is 26.5 Å². The van der Waals surface area contributed by atoms with Gasteiger partial charge in [0.15, 0.2) is 0 Å². The third-order valence-electron chi connectivity index (χ3n) is 3.40. The fraction of sp³-hybridized carbons (Fsp3) is 0.368. The van der Waals surface area contributed by atoms with Gasteiger partial charge in [-0.15, -0.1) is 0 Å². The lowest BCUT2D eigenvalue weighted by molar-refractivity contribution is 0.550. The Morgan fingerprint density at radius 3 is 2.48 bits per heavy atom. The molecule has 0 spiro atoms. The van der Waals surface area contributed by atoms with Crippen LogP contribution >= 0.6 is 11.8 Å². The van der Waals surface area contributed by atoms with E-state index < -0.39 is 0 Å². The molecule has 0 bridgehead atoms. The molecule has 0 amide bonds. The summed E-state index contributed by atoms with van der Waals surface area (Å²) >= 11 is 1.87. The van der Waals surface area contributed by atoms with E-state index in [0.29, 0.717) is 5.92 Å². The van der Waals surface area contributed by atoms with Crippen LogP contribution in [0.2, 0.25) is 0 Å². The van der Waals surface area contributed by atoms with Gasteiger partial charge in [-0.1, -0.05) is 61.5 Å². The first-order chi connectivity index (χ1) is 10.1. The van der Waals surface area contributed by atoms with E-state index in [1.54, 1.807) is 0 Å². The van der Waals surface area contributed by atoms with Gasteiger partial charge in [-0.3, -0.25) is 0 Å². The summed E-state index contributed by atoms with van der Waals surface area (Å²) in [5.41, 5.74) is 4.05. The zero-order valence-electron chi connectivity index (χ0n) is 13.4. The number of rotatable bonds is 6. The molecule has 0 aliphatic carbocycles. The maximum atomic E-state index is 3.56. The van der Waals surface area contributed by atoms with Crippen molar-refractivity contribution in [1.29, 1.82) is 0 Å². The molecule has 0 heterocycles. The summed E-state index contributed by atoms with van der Waals surface area (Å²) in [4.78, 5) is 2.69. The summed E-state index contributed by atoms with van der Waals surface area (Å²) < 4.78 is 0. The molecule has 2 aromatic rings. The summed E-state index contributed by atoms with van der Waals surface area (Å²) in [7, 11) is 0. The van der Waals surface area contributed by atoms with Crippen LogP contribution in [0, 0.1) is 19.8 Å². The van der Waals surface area contributed by atoms with Gasteiger partial charge in [0.05, 0.1) is 0 Å². The van der Waals surface area contributed by atoms with Crippen LogP contribution in [-0.2, 0) is 6.54 Å². The predicted octanol–water partition coefficient (Wildman–Crippen LogP) is 5.20. The van der Waals surface area contributed by atoms with Crippen LogP contribution in [0.1, 0.15) is 30.5 Å². The molecule has 0 saturated carbocycles. The number of nitrogens with one attached hydrogen (secondary N) is 1. The first kappa shape index (κ1) is 16.1. The molecule has 0 aliphatic rings. The molecule has 0 saturated heterocycles. The maximum absolute atomic E-state index is 3.56. The van der Waals surface area contributed by atoms with Crippen LogP contribution in [0.5, 0.6) is 0 Å². The topological polar surface area (TPSA) is 12.0 Å². The van der Waals surface area contributed by atoms with Crippen molar-refractivity contribution < 1.29 is 0 Å². The Hall–Kier alpha value is -1.25. The Morgan fingerprint density at radius 2 is 1.76 bits per heavy atom. The number of benzene rings is 2. The van der Waals surface area contributed by atoms with Crippen molar-refractivity contribution in [2.75, 3.05) is 6.54 Å². The average molecular weight is 299 g/mol. The number of hydrogen-bond acceptors (Lipinski definition) is 2. The molecule has 0 radical (unpaired) electrons. The smallest absolute Gasteiger partial charge is 0.0216 e. The van der Waals surface area contributed by atoms with Crippen LogP contribution in [0.15, 0.2) is 52.3 Å². The average Bonchev–Trinajstić information content (AvgIpc) is 2.43. The first-order valence-electron chi connectivity index (χ1n) is 7.60. The fourth-order valence-electron chi connectivity index (χ4n) is 2.23. The van der Waals surface area contributed by atoms with Gasteiger partial charge in [-0.2, -0.15) is 0 Å². The molecular weight excluding hydrogens is 274 g/mol. The predicted molar refractivity (Wildman–Crippen MR) is 93.0 cm³/mol. The molecule has 21 heavy (non-hydrogen) atoms. The van der Waals surface area contributed by atoms with Crippen molar-refractivity contribution in [1.82, 2.24) is 5.32 Å². The molecule has 0 aromatic heterocycles. The lowest BCUT2D eigenvalue weighted by atomic mass is 10.1. The van der Waals surface area contributed by atoms with Gasteiger partial charge in [-0.05, 0) is 49.6 Å². The van der Waals surface area contributed by atoms with Crippen LogP contribution in [-0.4, -0.2) is 6.54 Å². The molecule has 1 nitrogen and oxygen atoms in total. The highest BCUT2D eigenvalue weighted by atomic mass is 32.2. The SMILES string of the molecule is Cc1ccc(Sc2ccccc2C)c(CNCC(C)C)c1. The lowest BCUT2D eigenvalue weighted by Gasteiger charge is -2.13. The van der Waals surface area contributed by atoms with Gasteiger partial charge < -0.3 is 5.32 Å². The first-order valence-corrected chi connectivity index (χ1v) is 8.41. The minimum atomic E-state index is 0.683. The molecule has 1 N–H and O–H groups in total. The van der Waals surface area contributed by atoms with Crippen molar-refractivity contribution in [3.63, 3.8) is 0 Å². The molecule has 112 valence electrons. The Morgan fingerprint density at radius 1 is 1.00 bits per heavy atom. The zero-order valence-corrected chi connectivity index (χ0v) is 14.3. The van der Waals surface area contributed by atoms with Gasteiger partial charge in [0, 0.05) is 16.3 Å². The minimum absolute atomic E-state index is 0.683. The van der Waals surface area contributed by atoms with Gasteiger partial charge in [0.1, 0.15) is 0 Å². The van der Waals surface area contributed by atoms with Crippen molar-refractivity contribution in [3.8, 4) is 0 Å². The second-order valence-electron chi connectivity index (χ2n) is 6.00. The summed E-state index contributed by atoms with van der Waals surface area (Å²) in [5.74, 6) is 0.683. The largest absolute Gasteiger partial charge is 0.312 e. The summed E-state index contributed by atoms with van der Waals surface area (Å²) in [6.45, 7) is 10.8. The highest BCUT2D eigenvalue weighted by Gasteiger charge is 2.07. The van der Waals surface area contributed by atoms with Crippen molar-refractivity contribution >= 4 is 11.8 Å². The van der Waals surface area contributed by atoms with E-state index in [1.807, 2.05) is 11.8 Å². The second kappa shape index (κ2) is 7.67. The van der Waals surface area contributed by atoms with E-state index in [9.17, 15) is 0 Å². The summed E-state index contributed by atoms with van der Waals surface area (Å²) in [6.07, 6.45) is 0. The van der Waals surface area contributed by atoms with Crippen LogP contribution in [0.3, 0.4) is 0 Å². The van der Waals surface area contributed by atoms with Crippen molar-refractivity contribution in [2.45, 2.75) is 44.0 Å². The quantitative estimate of drug-likeness (QED) is 0.786. The molecule has 0 atom stereocenters. The lowest BCUT2D eigenvalue weighted by Crippen LogP contribution is -2.19. The van der Waals surface area contributed by atoms with Crippen LogP contribution in [0.4, 0.5) is 0 Å². The number of hydrogen-bond donors (Lipinski definition) is 1. The zero-order chi connectivity index (χ0) is 15.2. The third-order valence-corrected chi connectivity index (χ3v) is 4.69. The molecule has 0 unspecified atom stereocenters. The van der Waals surface area contributed by atoms with E-state index in [4.69, 9.17) is 0 Å². The second-order valence-corrected chi connectivity index (χ2v) is 7.09. The monoisotopic (exact) mass is 299 g/mol. The molecular formula is C19H25NS. The van der Waals surface area contributed by atoms with Crippen LogP contribution < -0.4 is 5.32 Å². The van der Waals surface area contributed by atoms with Crippen molar-refractivity contribution in [2.24, 2.45) is 5.92 Å². The molecule has 0 aliphatic heterocycles. The van der Waals surface area contributed by atoms with Crippen LogP contribution in [0.25, 0.3) is 0 Å². The fourth-order valence-corrected chi connectivity index (χ4v) is 3.24. The Balaban J connectivity index is 2.16. The minimum Gasteiger partial charge on any atom is -0.312 e. The third kappa shape index (κ3) is 4.90. The maximum Gasteiger partial charge on any atom is 0.0216 e. The van der Waals surface area contributed by atoms with E-state index in [2.05, 4.69) is 75.5 Å². The molecule has 0 fully saturated rings. The van der Waals surface area contributed by atoms with E-state index >= 15 is 0 Å². The Bertz CT molecular complexity index is 590. The van der Waals surface area contributed by atoms with E-state index in [0.717, 1.165) is 13.1 Å². The molecule has 2 heteroatoms. The summed E-state index contributed by atoms with van der Waals surface area (Å²) in [6, 6.07) is 15.3. The highest BCUT2D eigenvalue weighted by Crippen LogP contribution is 2.33. The van der Waals surface area contributed by atoms with Crippen molar-refractivity contribution in [3.05, 3.63) is 59.2 Å². The normalized spacial score (nSPS) is 11.1. The summed E-state index contributed by atoms with van der Waals surface area (Å²) in [5, 5.41) is 3.56. The van der Waals surface area contributed by atoms with Gasteiger partial charge >= 0.3 is 0 Å². The van der Waals surface area contributed by atoms with Gasteiger partial charge in [-0.25, -0.2) is 0 Å². The standard InChI is InChI=1S/C19H25NS/c1-14(2)12-20-13-17-11-15(3)9-10-19(17)21-18-8-6-5-7-16(18)4/h5-11,14,20H,12-13H2,1-4H3. The van der Waals surface area contributed by atoms with Gasteiger partial charge in [0.25, 0.3) is 0 Å². The van der Waals surface area contributed by atoms with Gasteiger partial charge in [0.2, 0.25) is 0 Å². The Labute approximate surface area is 133 Å². The molecule has 2 aromatic carbocycles. The highest BCUT2D eigenvalue weighted by molar-refractivity contribution is 7.99. The number of aryl methyl sites for hydroxylation is 2. The molecule has 2 rings (SSSR count). The van der Waals surface area contributed by atoms with E-state index in [-0.39, 0.29) is 0 Å². The Kier molecular flexibility index (Phi) is 5.89.